The van der Waals surface area contributed by atoms with E-state index in [-0.39, 0.29) is 19.0 Å². The van der Waals surface area contributed by atoms with Crippen LogP contribution in [0.5, 0.6) is 11.5 Å². The van der Waals surface area contributed by atoms with E-state index in [0.29, 0.717) is 24.2 Å². The lowest BCUT2D eigenvalue weighted by molar-refractivity contribution is -0.757. The van der Waals surface area contributed by atoms with E-state index in [1.54, 1.807) is 18.2 Å². The second-order valence-electron chi connectivity index (χ2n) is 5.85. The summed E-state index contributed by atoms with van der Waals surface area (Å²) in [6, 6.07) is 12.2. The molecule has 0 aromatic heterocycles. The molecule has 2 aromatic rings. The first-order valence-electron chi connectivity index (χ1n) is 8.55. The summed E-state index contributed by atoms with van der Waals surface area (Å²) in [6.07, 6.45) is 4.07. The summed E-state index contributed by atoms with van der Waals surface area (Å²) >= 11 is 0. The molecule has 0 saturated heterocycles. The standard InChI is InChI=1S/C20H21NO7/c1-26-19-13-16(8-10-18(19)22)9-11-20(23)27-14-17-6-4-15(5-7-17)3-2-12-28-21(24)25/h4-11,13,22H,2-3,12,14H2,1H3. The third kappa shape index (κ3) is 6.99. The Labute approximate surface area is 162 Å². The van der Waals surface area contributed by atoms with Crippen LogP contribution in [0, 0.1) is 10.1 Å². The summed E-state index contributed by atoms with van der Waals surface area (Å²) in [5.41, 5.74) is 2.54. The third-order valence-electron chi connectivity index (χ3n) is 3.83. The fourth-order valence-electron chi connectivity index (χ4n) is 2.38. The molecule has 2 rings (SSSR count). The number of carbonyl (C=O) groups is 1. The molecule has 8 heteroatoms. The van der Waals surface area contributed by atoms with E-state index in [4.69, 9.17) is 9.47 Å². The van der Waals surface area contributed by atoms with Gasteiger partial charge in [0.1, 0.15) is 6.61 Å². The van der Waals surface area contributed by atoms with Gasteiger partial charge in [-0.15, -0.1) is 10.1 Å². The summed E-state index contributed by atoms with van der Waals surface area (Å²) in [5, 5.41) is 18.8. The van der Waals surface area contributed by atoms with Crippen LogP contribution in [0.1, 0.15) is 23.1 Å². The predicted octanol–water partition coefficient (Wildman–Crippen LogP) is 3.30. The van der Waals surface area contributed by atoms with Gasteiger partial charge in [-0.25, -0.2) is 4.79 Å². The van der Waals surface area contributed by atoms with Crippen LogP contribution in [0.15, 0.2) is 48.5 Å². The van der Waals surface area contributed by atoms with Gasteiger partial charge in [-0.3, -0.25) is 0 Å². The largest absolute Gasteiger partial charge is 0.504 e. The van der Waals surface area contributed by atoms with Gasteiger partial charge >= 0.3 is 5.97 Å². The van der Waals surface area contributed by atoms with Crippen molar-refractivity contribution in [3.63, 3.8) is 0 Å². The number of ether oxygens (including phenoxy) is 2. The third-order valence-corrected chi connectivity index (χ3v) is 3.83. The van der Waals surface area contributed by atoms with Gasteiger partial charge in [0, 0.05) is 6.08 Å². The van der Waals surface area contributed by atoms with E-state index in [9.17, 15) is 20.0 Å². The highest BCUT2D eigenvalue weighted by Crippen LogP contribution is 2.26. The molecule has 0 amide bonds. The predicted molar refractivity (Wildman–Crippen MR) is 101 cm³/mol. The lowest BCUT2D eigenvalue weighted by Gasteiger charge is -2.05. The summed E-state index contributed by atoms with van der Waals surface area (Å²) in [6.45, 7) is 0.193. The Morgan fingerprint density at radius 3 is 2.57 bits per heavy atom. The highest BCUT2D eigenvalue weighted by molar-refractivity contribution is 5.87. The fourth-order valence-corrected chi connectivity index (χ4v) is 2.38. The summed E-state index contributed by atoms with van der Waals surface area (Å²) in [5.74, 6) is -0.149. The zero-order chi connectivity index (χ0) is 20.4. The molecule has 0 bridgehead atoms. The number of carbonyl (C=O) groups excluding carboxylic acids is 1. The van der Waals surface area contributed by atoms with Gasteiger partial charge in [-0.1, -0.05) is 30.3 Å². The normalized spacial score (nSPS) is 10.6. The van der Waals surface area contributed by atoms with Gasteiger partial charge in [-0.05, 0) is 47.7 Å². The van der Waals surface area contributed by atoms with Crippen LogP contribution >= 0.6 is 0 Å². The molecule has 0 heterocycles. The Hall–Kier alpha value is -3.55. The second kappa shape index (κ2) is 10.6. The number of benzene rings is 2. The first-order valence-corrected chi connectivity index (χ1v) is 8.55. The average Bonchev–Trinajstić information content (AvgIpc) is 2.69. The van der Waals surface area contributed by atoms with Gasteiger partial charge in [0.25, 0.3) is 5.09 Å². The van der Waals surface area contributed by atoms with Crippen LogP contribution < -0.4 is 4.74 Å². The van der Waals surface area contributed by atoms with Gasteiger partial charge in [0.15, 0.2) is 11.5 Å². The highest BCUT2D eigenvalue weighted by atomic mass is 16.9. The Balaban J connectivity index is 1.78. The Bertz CT molecular complexity index is 831. The molecule has 28 heavy (non-hydrogen) atoms. The fraction of sp³-hybridized carbons (Fsp3) is 0.250. The minimum Gasteiger partial charge on any atom is -0.504 e. The van der Waals surface area contributed by atoms with Gasteiger partial charge in [0.2, 0.25) is 0 Å². The number of nitrogens with zero attached hydrogens (tertiary/aromatic N) is 1. The van der Waals surface area contributed by atoms with Crippen LogP contribution in [-0.4, -0.2) is 29.9 Å². The van der Waals surface area contributed by atoms with Crippen LogP contribution in [0.3, 0.4) is 0 Å². The number of aromatic hydroxyl groups is 1. The molecular formula is C20H21NO7. The Kier molecular flexibility index (Phi) is 7.83. The maximum absolute atomic E-state index is 11.8. The molecule has 0 aliphatic heterocycles. The second-order valence-corrected chi connectivity index (χ2v) is 5.85. The minimum atomic E-state index is -0.802. The molecule has 1 N–H and O–H groups in total. The Morgan fingerprint density at radius 2 is 1.89 bits per heavy atom. The van der Waals surface area contributed by atoms with Crippen molar-refractivity contribution < 1.29 is 29.3 Å². The van der Waals surface area contributed by atoms with E-state index < -0.39 is 11.1 Å². The lowest BCUT2D eigenvalue weighted by Crippen LogP contribution is -2.03. The number of methoxy groups -OCH3 is 1. The SMILES string of the molecule is COc1cc(C=CC(=O)OCc2ccc(CCCO[N+](=O)[O-])cc2)ccc1O. The monoisotopic (exact) mass is 387 g/mol. The van der Waals surface area contributed by atoms with Crippen LogP contribution in [0.4, 0.5) is 0 Å². The van der Waals surface area contributed by atoms with Crippen molar-refractivity contribution in [3.05, 3.63) is 75.3 Å². The van der Waals surface area contributed by atoms with Crippen molar-refractivity contribution in [2.45, 2.75) is 19.4 Å². The molecule has 0 saturated carbocycles. The van der Waals surface area contributed by atoms with Crippen molar-refractivity contribution in [3.8, 4) is 11.5 Å². The van der Waals surface area contributed by atoms with Crippen LogP contribution in [0.2, 0.25) is 0 Å². The molecule has 0 aliphatic carbocycles. The molecule has 0 fully saturated rings. The first kappa shape index (κ1) is 20.8. The van der Waals surface area contributed by atoms with E-state index in [2.05, 4.69) is 4.84 Å². The van der Waals surface area contributed by atoms with E-state index in [1.165, 1.54) is 19.3 Å². The number of esters is 1. The lowest BCUT2D eigenvalue weighted by atomic mass is 10.1. The van der Waals surface area contributed by atoms with E-state index in [1.807, 2.05) is 24.3 Å². The first-order chi connectivity index (χ1) is 13.5. The van der Waals surface area contributed by atoms with Gasteiger partial charge in [0.05, 0.1) is 13.7 Å². The number of aryl methyl sites for hydroxylation is 1. The molecule has 0 spiro atoms. The van der Waals surface area contributed by atoms with Crippen molar-refractivity contribution in [2.75, 3.05) is 13.7 Å². The van der Waals surface area contributed by atoms with E-state index in [0.717, 1.165) is 11.1 Å². The van der Waals surface area contributed by atoms with Crippen molar-refractivity contribution in [1.29, 1.82) is 0 Å². The average molecular weight is 387 g/mol. The zero-order valence-electron chi connectivity index (χ0n) is 15.4. The molecule has 8 nitrogen and oxygen atoms in total. The number of phenols is 1. The number of rotatable bonds is 10. The summed E-state index contributed by atoms with van der Waals surface area (Å²) in [7, 11) is 1.45. The summed E-state index contributed by atoms with van der Waals surface area (Å²) in [4.78, 5) is 26.2. The van der Waals surface area contributed by atoms with Crippen LogP contribution in [0.25, 0.3) is 6.08 Å². The molecule has 2 aromatic carbocycles. The number of phenolic OH excluding ortho intramolecular Hbond substituents is 1. The molecule has 0 aliphatic rings. The van der Waals surface area contributed by atoms with Crippen molar-refractivity contribution in [1.82, 2.24) is 0 Å². The van der Waals surface area contributed by atoms with Crippen molar-refractivity contribution in [2.24, 2.45) is 0 Å². The highest BCUT2D eigenvalue weighted by Gasteiger charge is 2.03. The van der Waals surface area contributed by atoms with Crippen molar-refractivity contribution >= 4 is 12.0 Å². The van der Waals surface area contributed by atoms with Crippen LogP contribution in [-0.2, 0) is 27.4 Å². The molecule has 0 radical (unpaired) electrons. The smallest absolute Gasteiger partial charge is 0.331 e. The Morgan fingerprint density at radius 1 is 1.18 bits per heavy atom. The maximum atomic E-state index is 11.8. The zero-order valence-corrected chi connectivity index (χ0v) is 15.4. The topological polar surface area (TPSA) is 108 Å². The van der Waals surface area contributed by atoms with Gasteiger partial charge in [-0.2, -0.15) is 0 Å². The number of hydrogen-bond donors (Lipinski definition) is 1. The summed E-state index contributed by atoms with van der Waals surface area (Å²) < 4.78 is 10.2. The van der Waals surface area contributed by atoms with Gasteiger partial charge < -0.3 is 19.4 Å². The minimum absolute atomic E-state index is 0.0241. The quantitative estimate of drug-likeness (QED) is 0.219. The maximum Gasteiger partial charge on any atom is 0.331 e. The molecular weight excluding hydrogens is 366 g/mol. The molecule has 148 valence electrons. The van der Waals surface area contributed by atoms with E-state index >= 15 is 0 Å². The molecule has 0 atom stereocenters. The number of hydrogen-bond acceptors (Lipinski definition) is 7. The molecule has 0 unspecified atom stereocenters.